The Kier molecular flexibility index (Phi) is 6.82. The zero-order valence-corrected chi connectivity index (χ0v) is 17.2. The molecule has 0 saturated carbocycles. The number of esters is 1. The number of methoxy groups -OCH3 is 2. The predicted molar refractivity (Wildman–Crippen MR) is 113 cm³/mol. The van der Waals surface area contributed by atoms with Crippen molar-refractivity contribution in [2.75, 3.05) is 26.1 Å². The summed E-state index contributed by atoms with van der Waals surface area (Å²) in [5.74, 6) is -0.601. The van der Waals surface area contributed by atoms with Gasteiger partial charge in [0.05, 0.1) is 30.3 Å². The van der Waals surface area contributed by atoms with Crippen molar-refractivity contribution in [2.24, 2.45) is 0 Å². The van der Waals surface area contributed by atoms with Crippen molar-refractivity contribution in [3.8, 4) is 11.5 Å². The van der Waals surface area contributed by atoms with Crippen LogP contribution in [0, 0.1) is 0 Å². The Morgan fingerprint density at radius 1 is 0.933 bits per heavy atom. The Labute approximate surface area is 177 Å². The molecule has 1 aromatic heterocycles. The number of ketones is 1. The summed E-state index contributed by atoms with van der Waals surface area (Å²) in [6.45, 7) is -0.518. The minimum Gasteiger partial charge on any atom is -0.497 e. The number of anilines is 1. The molecule has 0 aliphatic heterocycles. The Hall–Kier alpha value is -3.65. The van der Waals surface area contributed by atoms with Gasteiger partial charge >= 0.3 is 5.97 Å². The number of thiophene rings is 1. The number of carbonyl (C=O) groups excluding carboxylic acids is 3. The number of hydrogen-bond acceptors (Lipinski definition) is 7. The standard InChI is InChI=1S/C22H19NO6S/c1-27-14-9-10-17(18(12-14)28-2)23-20(24)13-29-22(26)16-7-4-3-6-15(16)21(25)19-8-5-11-30-19/h3-12H,13H2,1-2H3,(H,23,24). The first-order valence-corrected chi connectivity index (χ1v) is 9.77. The van der Waals surface area contributed by atoms with Gasteiger partial charge < -0.3 is 19.5 Å². The van der Waals surface area contributed by atoms with Crippen molar-refractivity contribution in [2.45, 2.75) is 0 Å². The van der Waals surface area contributed by atoms with Gasteiger partial charge in [0, 0.05) is 11.6 Å². The monoisotopic (exact) mass is 425 g/mol. The van der Waals surface area contributed by atoms with Crippen LogP contribution < -0.4 is 14.8 Å². The van der Waals surface area contributed by atoms with Crippen LogP contribution in [-0.4, -0.2) is 38.5 Å². The van der Waals surface area contributed by atoms with Gasteiger partial charge in [0.15, 0.2) is 6.61 Å². The van der Waals surface area contributed by atoms with Crippen LogP contribution in [0.4, 0.5) is 5.69 Å². The first-order chi connectivity index (χ1) is 14.5. The van der Waals surface area contributed by atoms with E-state index in [1.807, 2.05) is 0 Å². The largest absolute Gasteiger partial charge is 0.497 e. The van der Waals surface area contributed by atoms with Gasteiger partial charge in [-0.1, -0.05) is 24.3 Å². The number of carbonyl (C=O) groups is 3. The summed E-state index contributed by atoms with van der Waals surface area (Å²) in [6.07, 6.45) is 0. The van der Waals surface area contributed by atoms with Crippen LogP contribution in [0.5, 0.6) is 11.5 Å². The molecule has 154 valence electrons. The quantitative estimate of drug-likeness (QED) is 0.436. The SMILES string of the molecule is COc1ccc(NC(=O)COC(=O)c2ccccc2C(=O)c2cccs2)c(OC)c1. The highest BCUT2D eigenvalue weighted by Crippen LogP contribution is 2.29. The molecule has 1 amide bonds. The smallest absolute Gasteiger partial charge is 0.339 e. The lowest BCUT2D eigenvalue weighted by atomic mass is 10.0. The highest BCUT2D eigenvalue weighted by molar-refractivity contribution is 7.12. The minimum atomic E-state index is -0.757. The summed E-state index contributed by atoms with van der Waals surface area (Å²) < 4.78 is 15.5. The lowest BCUT2D eigenvalue weighted by Crippen LogP contribution is -2.22. The number of hydrogen-bond donors (Lipinski definition) is 1. The number of ether oxygens (including phenoxy) is 3. The summed E-state index contributed by atoms with van der Waals surface area (Å²) >= 11 is 1.29. The molecule has 1 N–H and O–H groups in total. The van der Waals surface area contributed by atoms with E-state index in [4.69, 9.17) is 14.2 Å². The van der Waals surface area contributed by atoms with Crippen molar-refractivity contribution < 1.29 is 28.6 Å². The molecule has 0 fully saturated rings. The molecule has 3 aromatic rings. The maximum absolute atomic E-state index is 12.6. The second kappa shape index (κ2) is 9.71. The fourth-order valence-corrected chi connectivity index (χ4v) is 3.37. The molecule has 0 spiro atoms. The molecule has 0 saturated heterocycles. The lowest BCUT2D eigenvalue weighted by molar-refractivity contribution is -0.119. The molecular weight excluding hydrogens is 406 g/mol. The Morgan fingerprint density at radius 3 is 2.37 bits per heavy atom. The molecule has 8 heteroatoms. The van der Waals surface area contributed by atoms with E-state index in [0.29, 0.717) is 22.1 Å². The van der Waals surface area contributed by atoms with Crippen molar-refractivity contribution in [3.05, 3.63) is 76.0 Å². The maximum atomic E-state index is 12.6. The summed E-state index contributed by atoms with van der Waals surface area (Å²) in [6, 6.07) is 14.7. The van der Waals surface area contributed by atoms with Crippen LogP contribution in [0.2, 0.25) is 0 Å². The Morgan fingerprint density at radius 2 is 1.70 bits per heavy atom. The molecule has 1 heterocycles. The topological polar surface area (TPSA) is 90.9 Å². The van der Waals surface area contributed by atoms with Crippen LogP contribution >= 0.6 is 11.3 Å². The zero-order valence-electron chi connectivity index (χ0n) is 16.3. The van der Waals surface area contributed by atoms with E-state index >= 15 is 0 Å². The molecule has 0 radical (unpaired) electrons. The van der Waals surface area contributed by atoms with E-state index in [9.17, 15) is 14.4 Å². The van der Waals surface area contributed by atoms with Gasteiger partial charge in [-0.25, -0.2) is 4.79 Å². The number of nitrogens with one attached hydrogen (secondary N) is 1. The van der Waals surface area contributed by atoms with Gasteiger partial charge in [-0.15, -0.1) is 11.3 Å². The van der Waals surface area contributed by atoms with E-state index in [1.165, 1.54) is 31.6 Å². The Balaban J connectivity index is 1.67. The molecule has 0 unspecified atom stereocenters. The number of amides is 1. The summed E-state index contributed by atoms with van der Waals surface area (Å²) in [7, 11) is 2.99. The van der Waals surface area contributed by atoms with Crippen LogP contribution in [0.25, 0.3) is 0 Å². The van der Waals surface area contributed by atoms with Crippen LogP contribution in [0.3, 0.4) is 0 Å². The van der Waals surface area contributed by atoms with Crippen LogP contribution in [-0.2, 0) is 9.53 Å². The second-order valence-electron chi connectivity index (χ2n) is 6.04. The van der Waals surface area contributed by atoms with E-state index in [1.54, 1.807) is 53.9 Å². The number of rotatable bonds is 8. The maximum Gasteiger partial charge on any atom is 0.339 e. The van der Waals surface area contributed by atoms with Gasteiger partial charge in [0.25, 0.3) is 5.91 Å². The van der Waals surface area contributed by atoms with Crippen molar-refractivity contribution in [1.29, 1.82) is 0 Å². The molecule has 30 heavy (non-hydrogen) atoms. The lowest BCUT2D eigenvalue weighted by Gasteiger charge is -2.12. The average molecular weight is 425 g/mol. The van der Waals surface area contributed by atoms with E-state index in [2.05, 4.69) is 5.32 Å². The van der Waals surface area contributed by atoms with Crippen LogP contribution in [0.15, 0.2) is 60.0 Å². The van der Waals surface area contributed by atoms with Crippen molar-refractivity contribution in [3.63, 3.8) is 0 Å². The average Bonchev–Trinajstić information content (AvgIpc) is 3.32. The first kappa shape index (κ1) is 21.1. The third-order valence-electron chi connectivity index (χ3n) is 4.15. The molecule has 2 aromatic carbocycles. The molecule has 7 nitrogen and oxygen atoms in total. The third kappa shape index (κ3) is 4.84. The van der Waals surface area contributed by atoms with Crippen LogP contribution in [0.1, 0.15) is 25.6 Å². The summed E-state index contributed by atoms with van der Waals surface area (Å²) in [5.41, 5.74) is 0.737. The molecule has 0 aliphatic rings. The highest BCUT2D eigenvalue weighted by atomic mass is 32.1. The molecule has 0 atom stereocenters. The van der Waals surface area contributed by atoms with Crippen molar-refractivity contribution in [1.82, 2.24) is 0 Å². The fourth-order valence-electron chi connectivity index (χ4n) is 2.70. The fraction of sp³-hybridized carbons (Fsp3) is 0.136. The third-order valence-corrected chi connectivity index (χ3v) is 5.02. The van der Waals surface area contributed by atoms with Gasteiger partial charge in [0.2, 0.25) is 5.78 Å². The van der Waals surface area contributed by atoms with Gasteiger partial charge in [0.1, 0.15) is 11.5 Å². The summed E-state index contributed by atoms with van der Waals surface area (Å²) in [4.78, 5) is 37.9. The van der Waals surface area contributed by atoms with Gasteiger partial charge in [-0.2, -0.15) is 0 Å². The molecule has 0 bridgehead atoms. The van der Waals surface area contributed by atoms with Crippen molar-refractivity contribution >= 4 is 34.7 Å². The van der Waals surface area contributed by atoms with Gasteiger partial charge in [-0.05, 0) is 29.6 Å². The molecule has 0 aliphatic carbocycles. The van der Waals surface area contributed by atoms with Gasteiger partial charge in [-0.3, -0.25) is 9.59 Å². The Bertz CT molecular complexity index is 1060. The first-order valence-electron chi connectivity index (χ1n) is 8.89. The van der Waals surface area contributed by atoms with E-state index < -0.39 is 18.5 Å². The molecule has 3 rings (SSSR count). The summed E-state index contributed by atoms with van der Waals surface area (Å²) in [5, 5.41) is 4.40. The highest BCUT2D eigenvalue weighted by Gasteiger charge is 2.20. The second-order valence-corrected chi connectivity index (χ2v) is 6.99. The van der Waals surface area contributed by atoms with E-state index in [-0.39, 0.29) is 16.9 Å². The number of benzene rings is 2. The van der Waals surface area contributed by atoms with E-state index in [0.717, 1.165) is 0 Å². The zero-order chi connectivity index (χ0) is 21.5. The predicted octanol–water partition coefficient (Wildman–Crippen LogP) is 3.79. The normalized spacial score (nSPS) is 10.2. The minimum absolute atomic E-state index is 0.103. The molecular formula is C22H19NO6S.